The summed E-state index contributed by atoms with van der Waals surface area (Å²) in [5.41, 5.74) is -4.58. The van der Waals surface area contributed by atoms with Crippen molar-refractivity contribution in [3.63, 3.8) is 0 Å². The molecule has 5 fully saturated rings. The van der Waals surface area contributed by atoms with E-state index in [4.69, 9.17) is 18.9 Å². The lowest BCUT2D eigenvalue weighted by Crippen LogP contribution is -2.62. The molecule has 0 aromatic heterocycles. The topological polar surface area (TPSA) is 135 Å². The van der Waals surface area contributed by atoms with Gasteiger partial charge in [0.25, 0.3) is 0 Å². The highest BCUT2D eigenvalue weighted by Crippen LogP contribution is 2.80. The van der Waals surface area contributed by atoms with Gasteiger partial charge in [-0.2, -0.15) is 0 Å². The number of rotatable bonds is 1. The van der Waals surface area contributed by atoms with Gasteiger partial charge in [-0.15, -0.1) is 0 Å². The van der Waals surface area contributed by atoms with Crippen LogP contribution in [0.2, 0.25) is 0 Å². The molecule has 0 bridgehead atoms. The van der Waals surface area contributed by atoms with Gasteiger partial charge in [0.05, 0.1) is 36.3 Å². The molecule has 5 aliphatic rings. The Kier molecular flexibility index (Phi) is 3.95. The van der Waals surface area contributed by atoms with Crippen molar-refractivity contribution in [2.45, 2.75) is 76.7 Å². The lowest BCUT2D eigenvalue weighted by atomic mass is 9.49. The molecule has 0 aromatic rings. The van der Waals surface area contributed by atoms with Crippen molar-refractivity contribution in [2.24, 2.45) is 28.1 Å². The molecular formula is C20H30O9. The van der Waals surface area contributed by atoms with Gasteiger partial charge < -0.3 is 39.4 Å². The summed E-state index contributed by atoms with van der Waals surface area (Å²) in [7, 11) is 0. The van der Waals surface area contributed by atoms with E-state index in [1.54, 1.807) is 6.92 Å². The minimum absolute atomic E-state index is 0.136. The van der Waals surface area contributed by atoms with E-state index < -0.39 is 76.6 Å². The molecule has 4 aliphatic heterocycles. The number of hydrogen-bond donors (Lipinski definition) is 4. The Labute approximate surface area is 168 Å². The molecule has 9 nitrogen and oxygen atoms in total. The fourth-order valence-corrected chi connectivity index (χ4v) is 7.67. The zero-order valence-electron chi connectivity index (χ0n) is 17.1. The van der Waals surface area contributed by atoms with E-state index in [1.807, 2.05) is 20.8 Å². The van der Waals surface area contributed by atoms with E-state index in [0.717, 1.165) is 0 Å². The summed E-state index contributed by atoms with van der Waals surface area (Å²) in [4.78, 5) is 13.3. The summed E-state index contributed by atoms with van der Waals surface area (Å²) in [6.07, 6.45) is -6.58. The maximum absolute atomic E-state index is 13.3. The molecule has 5 rings (SSSR count). The highest BCUT2D eigenvalue weighted by atomic mass is 16.8. The zero-order chi connectivity index (χ0) is 21.1. The van der Waals surface area contributed by atoms with Crippen LogP contribution in [-0.2, 0) is 23.7 Å². The monoisotopic (exact) mass is 414 g/mol. The first-order valence-corrected chi connectivity index (χ1v) is 10.3. The molecule has 1 saturated carbocycles. The van der Waals surface area contributed by atoms with Gasteiger partial charge in [0.1, 0.15) is 12.2 Å². The standard InChI is InChI=1S/C20H30O9/c1-8-7-26-9(6-21)5-18-13-10(22)11(17(2,3)4)19(18)12(23)14(24)28-16(19)29-20(8,18)15(25)27-13/h8-14,16,21-24H,5-7H2,1-4H3/t8-,9?,10-,11+,12+,13?,14+,16?,18?,19?,20?/m1/s1. The molecular weight excluding hydrogens is 384 g/mol. The van der Waals surface area contributed by atoms with E-state index in [9.17, 15) is 25.2 Å². The number of carbonyl (C=O) groups excluding carboxylic acids is 1. The lowest BCUT2D eigenvalue weighted by Gasteiger charge is -2.49. The molecule has 4 saturated heterocycles. The maximum atomic E-state index is 13.3. The predicted octanol–water partition coefficient (Wildman–Crippen LogP) is -0.857. The number of hydrogen-bond acceptors (Lipinski definition) is 9. The summed E-state index contributed by atoms with van der Waals surface area (Å²) >= 11 is 0. The Morgan fingerprint density at radius 1 is 1.21 bits per heavy atom. The van der Waals surface area contributed by atoms with Crippen molar-refractivity contribution in [2.75, 3.05) is 13.2 Å². The first-order chi connectivity index (χ1) is 13.5. The van der Waals surface area contributed by atoms with Crippen molar-refractivity contribution in [1.29, 1.82) is 0 Å². The minimum atomic E-state index is -1.52. The average molecular weight is 414 g/mol. The van der Waals surface area contributed by atoms with E-state index in [1.165, 1.54) is 0 Å². The Bertz CT molecular complexity index is 736. The summed E-state index contributed by atoms with van der Waals surface area (Å²) < 4.78 is 23.7. The number of aliphatic hydroxyl groups excluding tert-OH is 4. The van der Waals surface area contributed by atoms with Crippen LogP contribution in [0.15, 0.2) is 0 Å². The van der Waals surface area contributed by atoms with Crippen molar-refractivity contribution in [3.05, 3.63) is 0 Å². The summed E-state index contributed by atoms with van der Waals surface area (Å²) in [6, 6.07) is 0. The van der Waals surface area contributed by atoms with Crippen molar-refractivity contribution < 1.29 is 44.2 Å². The van der Waals surface area contributed by atoms with Crippen LogP contribution in [0.1, 0.15) is 34.1 Å². The van der Waals surface area contributed by atoms with Crippen LogP contribution in [0.4, 0.5) is 0 Å². The van der Waals surface area contributed by atoms with Gasteiger partial charge in [-0.25, -0.2) is 4.79 Å². The van der Waals surface area contributed by atoms with Crippen LogP contribution >= 0.6 is 0 Å². The van der Waals surface area contributed by atoms with Crippen molar-refractivity contribution in [1.82, 2.24) is 0 Å². The van der Waals surface area contributed by atoms with E-state index in [2.05, 4.69) is 0 Å². The van der Waals surface area contributed by atoms with Gasteiger partial charge in [0, 0.05) is 11.8 Å². The zero-order valence-corrected chi connectivity index (χ0v) is 17.1. The largest absolute Gasteiger partial charge is 0.457 e. The van der Waals surface area contributed by atoms with E-state index in [-0.39, 0.29) is 19.6 Å². The summed E-state index contributed by atoms with van der Waals surface area (Å²) in [5, 5.41) is 43.2. The van der Waals surface area contributed by atoms with Crippen LogP contribution in [0.5, 0.6) is 0 Å². The molecule has 4 N–H and O–H groups in total. The fourth-order valence-electron chi connectivity index (χ4n) is 7.67. The number of ether oxygens (including phenoxy) is 4. The summed E-state index contributed by atoms with van der Waals surface area (Å²) in [6.45, 7) is 7.46. The normalized spacial score (nSPS) is 58.6. The van der Waals surface area contributed by atoms with Gasteiger partial charge in [-0.1, -0.05) is 27.7 Å². The highest BCUT2D eigenvalue weighted by molar-refractivity contribution is 5.86. The third-order valence-electron chi connectivity index (χ3n) is 8.29. The molecule has 0 aromatic carbocycles. The third-order valence-corrected chi connectivity index (χ3v) is 8.29. The second-order valence-corrected chi connectivity index (χ2v) is 10.5. The molecule has 9 heteroatoms. The van der Waals surface area contributed by atoms with Gasteiger partial charge in [0.15, 0.2) is 18.2 Å². The van der Waals surface area contributed by atoms with Crippen LogP contribution in [-0.4, -0.2) is 82.2 Å². The minimum Gasteiger partial charge on any atom is -0.457 e. The molecule has 2 spiro atoms. The number of esters is 1. The average Bonchev–Trinajstić information content (AvgIpc) is 3.17. The van der Waals surface area contributed by atoms with Crippen LogP contribution in [0, 0.1) is 28.1 Å². The Balaban J connectivity index is 1.85. The SMILES string of the molecule is C[C@@H]1COC(CO)CC23C4OC(=O)C12OC1O[C@H](O)[C@H](O)C13[C@H](C(C)(C)C)[C@H]4O. The molecule has 4 heterocycles. The second-order valence-electron chi connectivity index (χ2n) is 10.5. The lowest BCUT2D eigenvalue weighted by molar-refractivity contribution is -0.238. The van der Waals surface area contributed by atoms with E-state index in [0.29, 0.717) is 0 Å². The maximum Gasteiger partial charge on any atom is 0.340 e. The molecule has 6 unspecified atom stereocenters. The molecule has 11 atom stereocenters. The third kappa shape index (κ3) is 1.86. The molecule has 0 radical (unpaired) electrons. The highest BCUT2D eigenvalue weighted by Gasteiger charge is 2.95. The first-order valence-electron chi connectivity index (χ1n) is 10.3. The van der Waals surface area contributed by atoms with Crippen molar-refractivity contribution >= 4 is 5.97 Å². The fraction of sp³-hybridized carbons (Fsp3) is 0.950. The molecule has 29 heavy (non-hydrogen) atoms. The molecule has 0 amide bonds. The van der Waals surface area contributed by atoms with Crippen LogP contribution in [0.3, 0.4) is 0 Å². The van der Waals surface area contributed by atoms with Crippen molar-refractivity contribution in [3.8, 4) is 0 Å². The summed E-state index contributed by atoms with van der Waals surface area (Å²) in [5.74, 6) is -1.68. The molecule has 1 aliphatic carbocycles. The number of aliphatic hydroxyl groups is 4. The number of carbonyl (C=O) groups is 1. The van der Waals surface area contributed by atoms with E-state index >= 15 is 0 Å². The smallest absolute Gasteiger partial charge is 0.340 e. The second kappa shape index (κ2) is 5.70. The first kappa shape index (κ1) is 20.1. The predicted molar refractivity (Wildman–Crippen MR) is 95.0 cm³/mol. The Hall–Kier alpha value is -0.810. The van der Waals surface area contributed by atoms with Crippen LogP contribution in [0.25, 0.3) is 0 Å². The Morgan fingerprint density at radius 2 is 1.90 bits per heavy atom. The van der Waals surface area contributed by atoms with Crippen LogP contribution < -0.4 is 0 Å². The Morgan fingerprint density at radius 3 is 2.52 bits per heavy atom. The van der Waals surface area contributed by atoms with Gasteiger partial charge in [0.2, 0.25) is 0 Å². The van der Waals surface area contributed by atoms with Gasteiger partial charge >= 0.3 is 5.97 Å². The quantitative estimate of drug-likeness (QED) is 0.404. The molecule has 164 valence electrons. The van der Waals surface area contributed by atoms with Gasteiger partial charge in [-0.3, -0.25) is 0 Å². The van der Waals surface area contributed by atoms with Gasteiger partial charge in [-0.05, 0) is 11.8 Å².